The number of benzene rings is 2. The topological polar surface area (TPSA) is 50.7 Å². The minimum absolute atomic E-state index is 0.0192. The number of hydrogen-bond acceptors (Lipinski definition) is 4. The van der Waals surface area contributed by atoms with Gasteiger partial charge < -0.3 is 19.9 Å². The van der Waals surface area contributed by atoms with Crippen molar-refractivity contribution >= 4 is 11.3 Å². The Labute approximate surface area is 184 Å². The Morgan fingerprint density at radius 1 is 1.10 bits per heavy atom. The van der Waals surface area contributed by atoms with E-state index in [0.29, 0.717) is 5.75 Å². The summed E-state index contributed by atoms with van der Waals surface area (Å²) in [6.45, 7) is 8.91. The van der Waals surface area contributed by atoms with Crippen molar-refractivity contribution in [3.05, 3.63) is 53.6 Å². The molecule has 4 nitrogen and oxygen atoms in total. The van der Waals surface area contributed by atoms with Gasteiger partial charge in [0.25, 0.3) is 0 Å². The van der Waals surface area contributed by atoms with Crippen molar-refractivity contribution in [2.75, 3.05) is 12.4 Å². The fourth-order valence-corrected chi connectivity index (χ4v) is 5.65. The van der Waals surface area contributed by atoms with Crippen LogP contribution in [0.15, 0.2) is 42.5 Å². The van der Waals surface area contributed by atoms with E-state index in [0.717, 1.165) is 41.8 Å². The SMILES string of the molecule is COc1c(O)ccc2c1-c1ccc3c(c1[C@H](C1(C)CC=CCC1)O2)C(C)=CC(C)(C)N3. The van der Waals surface area contributed by atoms with Gasteiger partial charge in [-0.05, 0) is 69.4 Å². The van der Waals surface area contributed by atoms with Crippen LogP contribution in [-0.2, 0) is 0 Å². The van der Waals surface area contributed by atoms with Gasteiger partial charge in [0.05, 0.1) is 18.2 Å². The Morgan fingerprint density at radius 3 is 2.61 bits per heavy atom. The molecule has 0 spiro atoms. The summed E-state index contributed by atoms with van der Waals surface area (Å²) in [7, 11) is 1.60. The smallest absolute Gasteiger partial charge is 0.172 e. The first-order valence-corrected chi connectivity index (χ1v) is 11.1. The lowest BCUT2D eigenvalue weighted by atomic mass is 9.68. The van der Waals surface area contributed by atoms with E-state index in [1.165, 1.54) is 16.7 Å². The standard InChI is InChI=1S/C27H31NO3/c1-16-15-26(2,3)28-18-10-9-17-22-20(12-11-19(29)24(22)30-5)31-25(23(17)21(16)18)27(4)13-7-6-8-14-27/h6-7,9-12,15,25,28-29H,8,13-14H2,1-5H3/t25-,27?/m1/s1. The van der Waals surface area contributed by atoms with Crippen molar-refractivity contribution in [2.45, 2.75) is 58.6 Å². The predicted molar refractivity (Wildman–Crippen MR) is 126 cm³/mol. The Morgan fingerprint density at radius 2 is 1.90 bits per heavy atom. The maximum absolute atomic E-state index is 10.5. The molecule has 3 aliphatic rings. The number of aromatic hydroxyl groups is 1. The summed E-state index contributed by atoms with van der Waals surface area (Å²) in [6, 6.07) is 7.85. The molecule has 1 unspecified atom stereocenters. The first-order valence-electron chi connectivity index (χ1n) is 11.1. The monoisotopic (exact) mass is 417 g/mol. The Bertz CT molecular complexity index is 1130. The van der Waals surface area contributed by atoms with Gasteiger partial charge in [-0.3, -0.25) is 0 Å². The van der Waals surface area contributed by atoms with E-state index in [-0.39, 0.29) is 22.8 Å². The third kappa shape index (κ3) is 3.03. The minimum atomic E-state index is -0.109. The zero-order valence-corrected chi connectivity index (χ0v) is 19.0. The molecular formula is C27H31NO3. The van der Waals surface area contributed by atoms with Crippen LogP contribution in [-0.4, -0.2) is 17.8 Å². The molecule has 2 aromatic carbocycles. The number of ether oxygens (including phenoxy) is 2. The van der Waals surface area contributed by atoms with Gasteiger partial charge >= 0.3 is 0 Å². The highest BCUT2D eigenvalue weighted by molar-refractivity contribution is 5.92. The van der Waals surface area contributed by atoms with Gasteiger partial charge in [0.15, 0.2) is 11.5 Å². The normalized spacial score (nSPS) is 25.3. The quantitative estimate of drug-likeness (QED) is 0.524. The number of phenols is 1. The van der Waals surface area contributed by atoms with Crippen molar-refractivity contribution in [3.63, 3.8) is 0 Å². The summed E-state index contributed by atoms with van der Waals surface area (Å²) >= 11 is 0. The van der Waals surface area contributed by atoms with Crippen molar-refractivity contribution in [2.24, 2.45) is 5.41 Å². The molecule has 0 radical (unpaired) electrons. The molecule has 0 fully saturated rings. The second-order valence-electron chi connectivity index (χ2n) is 9.98. The number of hydrogen-bond donors (Lipinski definition) is 2. The Kier molecular flexibility index (Phi) is 4.40. The third-order valence-electron chi connectivity index (χ3n) is 7.02. The van der Waals surface area contributed by atoms with Crippen molar-refractivity contribution < 1.29 is 14.6 Å². The first-order chi connectivity index (χ1) is 14.7. The molecule has 0 saturated carbocycles. The molecule has 0 amide bonds. The molecule has 4 heteroatoms. The van der Waals surface area contributed by atoms with E-state index in [9.17, 15) is 5.11 Å². The van der Waals surface area contributed by atoms with E-state index >= 15 is 0 Å². The molecule has 2 atom stereocenters. The summed E-state index contributed by atoms with van der Waals surface area (Å²) in [5.74, 6) is 1.37. The van der Waals surface area contributed by atoms with Gasteiger partial charge in [-0.25, -0.2) is 0 Å². The molecule has 31 heavy (non-hydrogen) atoms. The number of phenolic OH excluding ortho intramolecular Hbond substituents is 1. The number of methoxy groups -OCH3 is 1. The van der Waals surface area contributed by atoms with Crippen molar-refractivity contribution in [1.82, 2.24) is 0 Å². The second kappa shape index (κ2) is 6.81. The van der Waals surface area contributed by atoms with Crippen LogP contribution in [0.4, 0.5) is 5.69 Å². The molecule has 5 rings (SSSR count). The van der Waals surface area contributed by atoms with E-state index in [4.69, 9.17) is 9.47 Å². The highest BCUT2D eigenvalue weighted by Gasteiger charge is 2.44. The van der Waals surface area contributed by atoms with E-state index in [2.05, 4.69) is 63.4 Å². The van der Waals surface area contributed by atoms with Crippen LogP contribution in [0.5, 0.6) is 17.2 Å². The van der Waals surface area contributed by atoms with Gasteiger partial charge in [-0.2, -0.15) is 0 Å². The summed E-state index contributed by atoms with van der Waals surface area (Å²) in [6.07, 6.45) is 9.89. The second-order valence-corrected chi connectivity index (χ2v) is 9.98. The maximum atomic E-state index is 10.5. The summed E-state index contributed by atoms with van der Waals surface area (Å²) < 4.78 is 12.4. The lowest BCUT2D eigenvalue weighted by Gasteiger charge is -2.44. The Hall–Kier alpha value is -2.88. The zero-order chi connectivity index (χ0) is 22.0. The highest BCUT2D eigenvalue weighted by Crippen LogP contribution is 2.59. The van der Waals surface area contributed by atoms with Crippen LogP contribution < -0.4 is 14.8 Å². The van der Waals surface area contributed by atoms with Crippen molar-refractivity contribution in [3.8, 4) is 28.4 Å². The van der Waals surface area contributed by atoms with Crippen molar-refractivity contribution in [1.29, 1.82) is 0 Å². The average Bonchev–Trinajstić information content (AvgIpc) is 2.72. The van der Waals surface area contributed by atoms with E-state index < -0.39 is 0 Å². The van der Waals surface area contributed by atoms with Crippen LogP contribution >= 0.6 is 0 Å². The summed E-state index contributed by atoms with van der Waals surface area (Å²) in [5.41, 5.74) is 6.59. The van der Waals surface area contributed by atoms with Gasteiger partial charge in [0.2, 0.25) is 0 Å². The molecule has 2 heterocycles. The highest BCUT2D eigenvalue weighted by atomic mass is 16.5. The number of anilines is 1. The number of fused-ring (bicyclic) bond motifs is 5. The molecule has 1 aliphatic carbocycles. The number of nitrogens with one attached hydrogen (secondary N) is 1. The molecule has 162 valence electrons. The van der Waals surface area contributed by atoms with Gasteiger partial charge in [0.1, 0.15) is 11.9 Å². The van der Waals surface area contributed by atoms with Crippen LogP contribution in [0.1, 0.15) is 64.2 Å². The van der Waals surface area contributed by atoms with Gasteiger partial charge in [0, 0.05) is 22.2 Å². The van der Waals surface area contributed by atoms with Crippen LogP contribution in [0.2, 0.25) is 0 Å². The molecular weight excluding hydrogens is 386 g/mol. The predicted octanol–water partition coefficient (Wildman–Crippen LogP) is 6.86. The minimum Gasteiger partial charge on any atom is -0.504 e. The van der Waals surface area contributed by atoms with E-state index in [1.54, 1.807) is 13.2 Å². The lowest BCUT2D eigenvalue weighted by molar-refractivity contribution is 0.0482. The van der Waals surface area contributed by atoms with Crippen LogP contribution in [0.3, 0.4) is 0 Å². The number of allylic oxidation sites excluding steroid dienone is 3. The van der Waals surface area contributed by atoms with E-state index in [1.807, 2.05) is 6.07 Å². The largest absolute Gasteiger partial charge is 0.504 e. The van der Waals surface area contributed by atoms with Crippen LogP contribution in [0.25, 0.3) is 16.7 Å². The summed E-state index contributed by atoms with van der Waals surface area (Å²) in [4.78, 5) is 0. The Balaban J connectivity index is 1.82. The van der Waals surface area contributed by atoms with Crippen LogP contribution in [0, 0.1) is 5.41 Å². The fourth-order valence-electron chi connectivity index (χ4n) is 5.65. The van der Waals surface area contributed by atoms with Gasteiger partial charge in [-0.1, -0.05) is 31.2 Å². The molecule has 0 bridgehead atoms. The van der Waals surface area contributed by atoms with Gasteiger partial charge in [-0.15, -0.1) is 0 Å². The molecule has 2 aliphatic heterocycles. The third-order valence-corrected chi connectivity index (χ3v) is 7.02. The summed E-state index contributed by atoms with van der Waals surface area (Å²) in [5, 5.41) is 14.2. The molecule has 2 N–H and O–H groups in total. The fraction of sp³-hybridized carbons (Fsp3) is 0.407. The molecule has 0 aromatic heterocycles. The first kappa shape index (κ1) is 20.0. The number of rotatable bonds is 2. The zero-order valence-electron chi connectivity index (χ0n) is 19.0. The average molecular weight is 418 g/mol. The maximum Gasteiger partial charge on any atom is 0.172 e. The lowest BCUT2D eigenvalue weighted by Crippen LogP contribution is -2.36. The molecule has 0 saturated heterocycles. The molecule has 2 aromatic rings.